The van der Waals surface area contributed by atoms with Gasteiger partial charge < -0.3 is 9.88 Å². The Kier molecular flexibility index (Phi) is 6.02. The number of nitriles is 1. The number of nitrogens with zero attached hydrogens (tertiary/aromatic N) is 4. The highest BCUT2D eigenvalue weighted by atomic mass is 32.2. The standard InChI is InChI=1S/C20H25N5OS2/c1-13(27-20-24-23-17-10-6-3-7-11-25(17)20)18(26)22-19-15(12-21)14-8-4-2-5-9-16(14)28-19/h13H,2-11H2,1H3,(H,22,26)/t13-/m1/s1. The number of fused-ring (bicyclic) bond motifs is 2. The fraction of sp³-hybridized carbons (Fsp3) is 0.600. The van der Waals surface area contributed by atoms with E-state index in [2.05, 4.69) is 26.2 Å². The van der Waals surface area contributed by atoms with E-state index in [0.29, 0.717) is 10.6 Å². The molecule has 3 heterocycles. The van der Waals surface area contributed by atoms with E-state index < -0.39 is 0 Å². The molecular formula is C20H25N5OS2. The third-order valence-corrected chi connectivity index (χ3v) is 7.78. The summed E-state index contributed by atoms with van der Waals surface area (Å²) < 4.78 is 2.16. The van der Waals surface area contributed by atoms with E-state index in [4.69, 9.17) is 0 Å². The Balaban J connectivity index is 1.47. The summed E-state index contributed by atoms with van der Waals surface area (Å²) in [5.74, 6) is 0.949. The van der Waals surface area contributed by atoms with Crippen molar-refractivity contribution < 1.29 is 4.79 Å². The lowest BCUT2D eigenvalue weighted by molar-refractivity contribution is -0.115. The van der Waals surface area contributed by atoms with E-state index in [1.807, 2.05) is 6.92 Å². The van der Waals surface area contributed by atoms with Crippen LogP contribution in [0.15, 0.2) is 5.16 Å². The molecule has 28 heavy (non-hydrogen) atoms. The number of thioether (sulfide) groups is 1. The summed E-state index contributed by atoms with van der Waals surface area (Å²) in [6, 6.07) is 2.33. The largest absolute Gasteiger partial charge is 0.316 e. The maximum atomic E-state index is 12.8. The molecule has 1 amide bonds. The number of hydrogen-bond donors (Lipinski definition) is 1. The zero-order valence-electron chi connectivity index (χ0n) is 16.2. The van der Waals surface area contributed by atoms with Crippen LogP contribution in [0.1, 0.15) is 67.3 Å². The van der Waals surface area contributed by atoms with Crippen molar-refractivity contribution in [2.24, 2.45) is 0 Å². The lowest BCUT2D eigenvalue weighted by Gasteiger charge is -2.12. The lowest BCUT2D eigenvalue weighted by atomic mass is 10.1. The van der Waals surface area contributed by atoms with Crippen LogP contribution in [0.3, 0.4) is 0 Å². The Labute approximate surface area is 173 Å². The molecule has 2 aromatic heterocycles. The molecule has 0 saturated heterocycles. The highest BCUT2D eigenvalue weighted by Gasteiger charge is 2.25. The third-order valence-electron chi connectivity index (χ3n) is 5.50. The van der Waals surface area contributed by atoms with Gasteiger partial charge in [-0.05, 0) is 51.0 Å². The highest BCUT2D eigenvalue weighted by Crippen LogP contribution is 2.37. The molecule has 6 nitrogen and oxygen atoms in total. The lowest BCUT2D eigenvalue weighted by Crippen LogP contribution is -2.23. The van der Waals surface area contributed by atoms with Gasteiger partial charge in [-0.1, -0.05) is 24.6 Å². The van der Waals surface area contributed by atoms with Gasteiger partial charge in [-0.2, -0.15) is 5.26 Å². The molecule has 1 N–H and O–H groups in total. The molecule has 2 aliphatic rings. The van der Waals surface area contributed by atoms with Gasteiger partial charge in [0.1, 0.15) is 16.9 Å². The summed E-state index contributed by atoms with van der Waals surface area (Å²) in [6.07, 6.45) is 9.91. The van der Waals surface area contributed by atoms with Gasteiger partial charge in [-0.15, -0.1) is 21.5 Å². The first-order valence-electron chi connectivity index (χ1n) is 10.1. The molecule has 0 fully saturated rings. The van der Waals surface area contributed by atoms with Crippen LogP contribution in [0, 0.1) is 11.3 Å². The maximum Gasteiger partial charge on any atom is 0.238 e. The van der Waals surface area contributed by atoms with E-state index in [0.717, 1.165) is 68.0 Å². The quantitative estimate of drug-likeness (QED) is 0.594. The number of rotatable bonds is 4. The zero-order chi connectivity index (χ0) is 19.5. The number of aryl methyl sites for hydroxylation is 2. The second kappa shape index (κ2) is 8.66. The molecule has 0 unspecified atom stereocenters. The highest BCUT2D eigenvalue weighted by molar-refractivity contribution is 8.00. The van der Waals surface area contributed by atoms with Crippen LogP contribution in [-0.4, -0.2) is 25.9 Å². The summed E-state index contributed by atoms with van der Waals surface area (Å²) in [6.45, 7) is 2.82. The Morgan fingerprint density at radius 3 is 2.82 bits per heavy atom. The Bertz CT molecular complexity index is 911. The van der Waals surface area contributed by atoms with Gasteiger partial charge in [0, 0.05) is 17.8 Å². The zero-order valence-corrected chi connectivity index (χ0v) is 17.8. The summed E-state index contributed by atoms with van der Waals surface area (Å²) in [7, 11) is 0. The van der Waals surface area contributed by atoms with Gasteiger partial charge in [0.05, 0.1) is 10.8 Å². The van der Waals surface area contributed by atoms with Crippen molar-refractivity contribution in [3.63, 3.8) is 0 Å². The van der Waals surface area contributed by atoms with Crippen LogP contribution >= 0.6 is 23.1 Å². The molecule has 148 valence electrons. The van der Waals surface area contributed by atoms with E-state index in [1.165, 1.54) is 29.5 Å². The van der Waals surface area contributed by atoms with Crippen molar-refractivity contribution in [1.82, 2.24) is 14.8 Å². The summed E-state index contributed by atoms with van der Waals surface area (Å²) in [4.78, 5) is 14.1. The molecule has 0 aromatic carbocycles. The first-order valence-corrected chi connectivity index (χ1v) is 11.8. The van der Waals surface area contributed by atoms with Gasteiger partial charge in [-0.3, -0.25) is 4.79 Å². The number of hydrogen-bond acceptors (Lipinski definition) is 6. The van der Waals surface area contributed by atoms with Gasteiger partial charge in [0.25, 0.3) is 0 Å². The van der Waals surface area contributed by atoms with Gasteiger partial charge in [0.15, 0.2) is 5.16 Å². The molecule has 1 atom stereocenters. The van der Waals surface area contributed by atoms with Crippen LogP contribution in [0.25, 0.3) is 0 Å². The number of carbonyl (C=O) groups is 1. The number of carbonyl (C=O) groups excluding carboxylic acids is 1. The summed E-state index contributed by atoms with van der Waals surface area (Å²) in [5.41, 5.74) is 1.83. The van der Waals surface area contributed by atoms with Crippen LogP contribution in [0.4, 0.5) is 5.00 Å². The summed E-state index contributed by atoms with van der Waals surface area (Å²) >= 11 is 3.03. The third kappa shape index (κ3) is 3.96. The molecule has 0 spiro atoms. The molecule has 0 radical (unpaired) electrons. The molecule has 0 bridgehead atoms. The minimum atomic E-state index is -0.301. The van der Waals surface area contributed by atoms with Crippen molar-refractivity contribution in [2.75, 3.05) is 5.32 Å². The molecule has 2 aromatic rings. The normalized spacial score (nSPS) is 17.6. The van der Waals surface area contributed by atoms with Crippen molar-refractivity contribution in [3.05, 3.63) is 21.8 Å². The van der Waals surface area contributed by atoms with E-state index in [9.17, 15) is 10.1 Å². The fourth-order valence-electron chi connectivity index (χ4n) is 3.92. The molecule has 1 aliphatic carbocycles. The fourth-order valence-corrected chi connectivity index (χ4v) is 6.06. The Morgan fingerprint density at radius 1 is 1.18 bits per heavy atom. The summed E-state index contributed by atoms with van der Waals surface area (Å²) in [5, 5.41) is 22.5. The predicted molar refractivity (Wildman–Crippen MR) is 112 cm³/mol. The molecule has 8 heteroatoms. The maximum absolute atomic E-state index is 12.8. The minimum absolute atomic E-state index is 0.0797. The molecule has 4 rings (SSSR count). The van der Waals surface area contributed by atoms with Crippen molar-refractivity contribution in [3.8, 4) is 6.07 Å². The average molecular weight is 416 g/mol. The van der Waals surface area contributed by atoms with E-state index in [1.54, 1.807) is 11.3 Å². The first-order chi connectivity index (χ1) is 13.7. The molecule has 1 aliphatic heterocycles. The molecular weight excluding hydrogens is 390 g/mol. The van der Waals surface area contributed by atoms with Crippen molar-refractivity contribution in [1.29, 1.82) is 5.26 Å². The smallest absolute Gasteiger partial charge is 0.238 e. The Morgan fingerprint density at radius 2 is 1.96 bits per heavy atom. The topological polar surface area (TPSA) is 83.6 Å². The van der Waals surface area contributed by atoms with E-state index >= 15 is 0 Å². The van der Waals surface area contributed by atoms with Crippen LogP contribution < -0.4 is 5.32 Å². The van der Waals surface area contributed by atoms with Crippen molar-refractivity contribution >= 4 is 34.0 Å². The number of anilines is 1. The average Bonchev–Trinajstić information content (AvgIpc) is 3.00. The van der Waals surface area contributed by atoms with Crippen LogP contribution in [0.2, 0.25) is 0 Å². The number of amides is 1. The second-order valence-electron chi connectivity index (χ2n) is 7.49. The van der Waals surface area contributed by atoms with Crippen molar-refractivity contribution in [2.45, 2.75) is 81.7 Å². The number of aromatic nitrogens is 3. The Hall–Kier alpha value is -1.85. The van der Waals surface area contributed by atoms with Crippen LogP contribution in [0.5, 0.6) is 0 Å². The predicted octanol–water partition coefficient (Wildman–Crippen LogP) is 4.33. The number of nitrogens with one attached hydrogen (secondary N) is 1. The number of thiophene rings is 1. The SMILES string of the molecule is C[C@@H](Sc1nnc2n1CCCCC2)C(=O)Nc1sc2c(c1C#N)CCCCC2. The van der Waals surface area contributed by atoms with Gasteiger partial charge in [0.2, 0.25) is 5.91 Å². The minimum Gasteiger partial charge on any atom is -0.316 e. The van der Waals surface area contributed by atoms with Gasteiger partial charge in [-0.25, -0.2) is 0 Å². The van der Waals surface area contributed by atoms with Gasteiger partial charge >= 0.3 is 0 Å². The monoisotopic (exact) mass is 415 g/mol. The van der Waals surface area contributed by atoms with Crippen LogP contribution in [-0.2, 0) is 30.6 Å². The first kappa shape index (κ1) is 19.5. The molecule has 0 saturated carbocycles. The van der Waals surface area contributed by atoms with E-state index in [-0.39, 0.29) is 11.2 Å². The second-order valence-corrected chi connectivity index (χ2v) is 9.90.